The van der Waals surface area contributed by atoms with Gasteiger partial charge in [-0.1, -0.05) is 0 Å². The van der Waals surface area contributed by atoms with Gasteiger partial charge in [-0.3, -0.25) is 4.68 Å². The Hall–Kier alpha value is -1.95. The van der Waals surface area contributed by atoms with Gasteiger partial charge in [0.15, 0.2) is 0 Å². The first-order valence-electron chi connectivity index (χ1n) is 7.08. The number of anilines is 1. The summed E-state index contributed by atoms with van der Waals surface area (Å²) in [5.41, 5.74) is 2.32. The molecule has 0 aliphatic rings. The first-order valence-corrected chi connectivity index (χ1v) is 7.08. The van der Waals surface area contributed by atoms with E-state index in [1.807, 2.05) is 43.8 Å². The minimum absolute atomic E-state index is 0.0930. The lowest BCUT2D eigenvalue weighted by atomic mass is 10.1. The van der Waals surface area contributed by atoms with Gasteiger partial charge in [-0.05, 0) is 20.8 Å². The van der Waals surface area contributed by atoms with E-state index in [-0.39, 0.29) is 5.54 Å². The molecular formula is C15H24N6. The molecule has 0 radical (unpaired) electrons. The highest BCUT2D eigenvalue weighted by molar-refractivity contribution is 5.30. The summed E-state index contributed by atoms with van der Waals surface area (Å²) in [4.78, 5) is 10.9. The van der Waals surface area contributed by atoms with E-state index in [4.69, 9.17) is 0 Å². The molecule has 0 aliphatic heterocycles. The smallest absolute Gasteiger partial charge is 0.225 e. The van der Waals surface area contributed by atoms with Crippen molar-refractivity contribution in [2.24, 2.45) is 7.05 Å². The monoisotopic (exact) mass is 288 g/mol. The summed E-state index contributed by atoms with van der Waals surface area (Å²) < 4.78 is 1.80. The molecule has 0 amide bonds. The Labute approximate surface area is 126 Å². The molecule has 0 aromatic carbocycles. The predicted octanol–water partition coefficient (Wildman–Crippen LogP) is 1.73. The molecule has 0 saturated heterocycles. The normalized spacial score (nSPS) is 11.7. The highest BCUT2D eigenvalue weighted by Gasteiger charge is 2.10. The highest BCUT2D eigenvalue weighted by Crippen LogP contribution is 2.10. The number of aromatic nitrogens is 4. The standard InChI is InChI=1S/C15H24N6/c1-15(2,3)18-8-12-6-16-14(17-7-12)20(4)10-13-9-19-21(5)11-13/h6-7,9,11,18H,8,10H2,1-5H3. The van der Waals surface area contributed by atoms with Gasteiger partial charge < -0.3 is 10.2 Å². The van der Waals surface area contributed by atoms with Crippen molar-refractivity contribution in [3.63, 3.8) is 0 Å². The van der Waals surface area contributed by atoms with Crippen molar-refractivity contribution in [2.45, 2.75) is 39.4 Å². The summed E-state index contributed by atoms with van der Waals surface area (Å²) in [6.45, 7) is 7.95. The van der Waals surface area contributed by atoms with Crippen molar-refractivity contribution in [3.05, 3.63) is 35.9 Å². The van der Waals surface area contributed by atoms with Gasteiger partial charge in [0.25, 0.3) is 0 Å². The van der Waals surface area contributed by atoms with Crippen LogP contribution in [0.15, 0.2) is 24.8 Å². The van der Waals surface area contributed by atoms with Gasteiger partial charge in [0.2, 0.25) is 5.95 Å². The first-order chi connectivity index (χ1) is 9.83. The fourth-order valence-electron chi connectivity index (χ4n) is 1.90. The minimum atomic E-state index is 0.0930. The Morgan fingerprint density at radius 3 is 2.33 bits per heavy atom. The van der Waals surface area contributed by atoms with E-state index in [2.05, 4.69) is 41.2 Å². The summed E-state index contributed by atoms with van der Waals surface area (Å²) in [5, 5.41) is 7.59. The maximum absolute atomic E-state index is 4.43. The van der Waals surface area contributed by atoms with Crippen LogP contribution in [-0.4, -0.2) is 32.3 Å². The Morgan fingerprint density at radius 2 is 1.81 bits per heavy atom. The molecule has 1 N–H and O–H groups in total. The molecule has 2 heterocycles. The Balaban J connectivity index is 1.94. The van der Waals surface area contributed by atoms with Gasteiger partial charge in [0, 0.05) is 62.4 Å². The molecule has 0 atom stereocenters. The molecule has 2 aromatic rings. The molecule has 0 bridgehead atoms. The zero-order valence-electron chi connectivity index (χ0n) is 13.5. The average Bonchev–Trinajstić information content (AvgIpc) is 2.81. The fraction of sp³-hybridized carbons (Fsp3) is 0.533. The van der Waals surface area contributed by atoms with Gasteiger partial charge in [0.05, 0.1) is 6.20 Å². The quantitative estimate of drug-likeness (QED) is 0.908. The van der Waals surface area contributed by atoms with Crippen LogP contribution in [0.1, 0.15) is 31.9 Å². The lowest BCUT2D eigenvalue weighted by Gasteiger charge is -2.20. The fourth-order valence-corrected chi connectivity index (χ4v) is 1.90. The molecule has 2 aromatic heterocycles. The Kier molecular flexibility index (Phi) is 4.57. The maximum Gasteiger partial charge on any atom is 0.225 e. The Bertz CT molecular complexity index is 567. The summed E-state index contributed by atoms with van der Waals surface area (Å²) in [6, 6.07) is 0. The van der Waals surface area contributed by atoms with Crippen LogP contribution in [0.4, 0.5) is 5.95 Å². The third kappa shape index (κ3) is 4.82. The molecule has 2 rings (SSSR count). The number of hydrogen-bond donors (Lipinski definition) is 1. The van der Waals surface area contributed by atoms with Gasteiger partial charge >= 0.3 is 0 Å². The number of nitrogens with zero attached hydrogens (tertiary/aromatic N) is 5. The van der Waals surface area contributed by atoms with E-state index < -0.39 is 0 Å². The molecular weight excluding hydrogens is 264 g/mol. The van der Waals surface area contributed by atoms with Crippen LogP contribution >= 0.6 is 0 Å². The number of nitrogens with one attached hydrogen (secondary N) is 1. The second kappa shape index (κ2) is 6.22. The predicted molar refractivity (Wildman–Crippen MR) is 83.9 cm³/mol. The summed E-state index contributed by atoms with van der Waals surface area (Å²) in [6.07, 6.45) is 7.61. The molecule has 6 nitrogen and oxygen atoms in total. The molecule has 0 spiro atoms. The van der Waals surface area contributed by atoms with Gasteiger partial charge in [-0.15, -0.1) is 0 Å². The van der Waals surface area contributed by atoms with Crippen LogP contribution in [0.5, 0.6) is 0 Å². The van der Waals surface area contributed by atoms with Crippen LogP contribution in [0.25, 0.3) is 0 Å². The van der Waals surface area contributed by atoms with Crippen LogP contribution in [-0.2, 0) is 20.1 Å². The van der Waals surface area contributed by atoms with E-state index >= 15 is 0 Å². The topological polar surface area (TPSA) is 58.9 Å². The molecule has 0 unspecified atom stereocenters. The van der Waals surface area contributed by atoms with Crippen molar-refractivity contribution in [2.75, 3.05) is 11.9 Å². The van der Waals surface area contributed by atoms with E-state index in [0.29, 0.717) is 0 Å². The van der Waals surface area contributed by atoms with Crippen molar-refractivity contribution in [1.29, 1.82) is 0 Å². The molecule has 0 aliphatic carbocycles. The molecule has 114 valence electrons. The second-order valence-corrected chi connectivity index (χ2v) is 6.37. The SMILES string of the molecule is CN(Cc1cnn(C)c1)c1ncc(CNC(C)(C)C)cn1. The van der Waals surface area contributed by atoms with Crippen LogP contribution in [0, 0.1) is 0 Å². The van der Waals surface area contributed by atoms with E-state index in [0.717, 1.165) is 30.2 Å². The van der Waals surface area contributed by atoms with E-state index in [9.17, 15) is 0 Å². The van der Waals surface area contributed by atoms with Crippen molar-refractivity contribution < 1.29 is 0 Å². The number of rotatable bonds is 5. The second-order valence-electron chi connectivity index (χ2n) is 6.37. The zero-order chi connectivity index (χ0) is 15.5. The lowest BCUT2D eigenvalue weighted by molar-refractivity contribution is 0.423. The molecule has 21 heavy (non-hydrogen) atoms. The number of hydrogen-bond acceptors (Lipinski definition) is 5. The minimum Gasteiger partial charge on any atom is -0.339 e. The van der Waals surface area contributed by atoms with Gasteiger partial charge in [0.1, 0.15) is 0 Å². The zero-order valence-corrected chi connectivity index (χ0v) is 13.5. The largest absolute Gasteiger partial charge is 0.339 e. The highest BCUT2D eigenvalue weighted by atomic mass is 15.3. The molecule has 0 saturated carbocycles. The summed E-state index contributed by atoms with van der Waals surface area (Å²) in [5.74, 6) is 0.721. The maximum atomic E-state index is 4.43. The summed E-state index contributed by atoms with van der Waals surface area (Å²) in [7, 11) is 3.90. The van der Waals surface area contributed by atoms with Crippen molar-refractivity contribution >= 4 is 5.95 Å². The molecule has 0 fully saturated rings. The average molecular weight is 288 g/mol. The van der Waals surface area contributed by atoms with E-state index in [1.165, 1.54) is 0 Å². The van der Waals surface area contributed by atoms with Crippen LogP contribution in [0.2, 0.25) is 0 Å². The third-order valence-electron chi connectivity index (χ3n) is 3.03. The van der Waals surface area contributed by atoms with Crippen molar-refractivity contribution in [1.82, 2.24) is 25.1 Å². The van der Waals surface area contributed by atoms with Gasteiger partial charge in [-0.25, -0.2) is 9.97 Å². The van der Waals surface area contributed by atoms with Crippen molar-refractivity contribution in [3.8, 4) is 0 Å². The number of aryl methyl sites for hydroxylation is 1. The van der Waals surface area contributed by atoms with Crippen LogP contribution in [0.3, 0.4) is 0 Å². The lowest BCUT2D eigenvalue weighted by Crippen LogP contribution is -2.35. The van der Waals surface area contributed by atoms with Crippen LogP contribution < -0.4 is 10.2 Å². The third-order valence-corrected chi connectivity index (χ3v) is 3.03. The van der Waals surface area contributed by atoms with E-state index in [1.54, 1.807) is 4.68 Å². The molecule has 6 heteroatoms. The first kappa shape index (κ1) is 15.4. The van der Waals surface area contributed by atoms with Gasteiger partial charge in [-0.2, -0.15) is 5.10 Å². The Morgan fingerprint density at radius 1 is 1.14 bits per heavy atom. The summed E-state index contributed by atoms with van der Waals surface area (Å²) >= 11 is 0.